The fourth-order valence-electron chi connectivity index (χ4n) is 4.53. The van der Waals surface area contributed by atoms with Gasteiger partial charge in [0.05, 0.1) is 16.7 Å². The van der Waals surface area contributed by atoms with E-state index >= 15 is 0 Å². The number of hydrogen-bond acceptors (Lipinski definition) is 5. The van der Waals surface area contributed by atoms with E-state index in [4.69, 9.17) is 4.74 Å². The molecule has 2 aromatic rings. The Morgan fingerprint density at radius 1 is 0.976 bits per heavy atom. The zero-order valence-electron chi connectivity index (χ0n) is 24.1. The van der Waals surface area contributed by atoms with E-state index in [1.165, 1.54) is 0 Å². The van der Waals surface area contributed by atoms with Crippen LogP contribution in [-0.2, 0) is 15.7 Å². The number of carbonyl (C=O) groups is 3. The number of benzene rings is 2. The lowest BCUT2D eigenvalue weighted by Gasteiger charge is -2.42. The van der Waals surface area contributed by atoms with Crippen molar-refractivity contribution in [2.45, 2.75) is 77.7 Å². The molecule has 224 valence electrons. The van der Waals surface area contributed by atoms with Gasteiger partial charge in [0, 0.05) is 24.3 Å². The molecular formula is C30H37F4N3O4. The van der Waals surface area contributed by atoms with Crippen molar-refractivity contribution in [2.75, 3.05) is 18.4 Å². The van der Waals surface area contributed by atoms with Crippen molar-refractivity contribution in [3.05, 3.63) is 65.0 Å². The minimum absolute atomic E-state index is 0.359. The second-order valence-corrected chi connectivity index (χ2v) is 12.0. The summed E-state index contributed by atoms with van der Waals surface area (Å²) in [6.45, 7) is 11.5. The van der Waals surface area contributed by atoms with Crippen LogP contribution in [0.3, 0.4) is 0 Å². The molecule has 0 aromatic heterocycles. The Morgan fingerprint density at radius 3 is 2.07 bits per heavy atom. The topological polar surface area (TPSA) is 87.7 Å². The fraction of sp³-hybridized carbons (Fsp3) is 0.500. The fourth-order valence-corrected chi connectivity index (χ4v) is 4.53. The van der Waals surface area contributed by atoms with Crippen molar-refractivity contribution < 1.29 is 36.7 Å². The van der Waals surface area contributed by atoms with Crippen LogP contribution in [0.25, 0.3) is 0 Å². The number of nitrogens with one attached hydrogen (secondary N) is 2. The zero-order valence-corrected chi connectivity index (χ0v) is 24.1. The van der Waals surface area contributed by atoms with Crippen molar-refractivity contribution in [3.8, 4) is 0 Å². The summed E-state index contributed by atoms with van der Waals surface area (Å²) in [4.78, 5) is 40.0. The molecule has 2 aromatic carbocycles. The number of piperidine rings is 1. The molecule has 3 rings (SSSR count). The third kappa shape index (κ3) is 8.43. The minimum atomic E-state index is -4.75. The van der Waals surface area contributed by atoms with E-state index in [1.54, 1.807) is 63.8 Å². The second-order valence-electron chi connectivity index (χ2n) is 12.0. The van der Waals surface area contributed by atoms with Crippen LogP contribution in [0.4, 0.5) is 23.2 Å². The molecule has 0 spiro atoms. The van der Waals surface area contributed by atoms with Crippen molar-refractivity contribution in [2.24, 2.45) is 5.92 Å². The predicted octanol–water partition coefficient (Wildman–Crippen LogP) is 6.05. The number of alkyl halides is 3. The van der Waals surface area contributed by atoms with Crippen LogP contribution in [-0.4, -0.2) is 53.0 Å². The summed E-state index contributed by atoms with van der Waals surface area (Å²) in [5.41, 5.74) is -1.65. The van der Waals surface area contributed by atoms with Gasteiger partial charge in [-0.1, -0.05) is 13.8 Å². The maximum Gasteiger partial charge on any atom is 0.416 e. The van der Waals surface area contributed by atoms with E-state index in [0.29, 0.717) is 49.7 Å². The van der Waals surface area contributed by atoms with Gasteiger partial charge in [-0.15, -0.1) is 0 Å². The third-order valence-electron chi connectivity index (χ3n) is 6.90. The Kier molecular flexibility index (Phi) is 9.40. The molecule has 11 heteroatoms. The number of ether oxygens (including phenoxy) is 1. The highest BCUT2D eigenvalue weighted by atomic mass is 19.4. The Bertz CT molecular complexity index is 1260. The van der Waals surface area contributed by atoms with Gasteiger partial charge in [0.1, 0.15) is 17.5 Å². The van der Waals surface area contributed by atoms with Crippen molar-refractivity contribution in [1.29, 1.82) is 0 Å². The minimum Gasteiger partial charge on any atom is -0.456 e. The summed E-state index contributed by atoms with van der Waals surface area (Å²) in [5, 5.41) is 5.91. The van der Waals surface area contributed by atoms with Gasteiger partial charge in [0.15, 0.2) is 0 Å². The lowest BCUT2D eigenvalue weighted by molar-refractivity contribution is -0.138. The first-order valence-corrected chi connectivity index (χ1v) is 13.5. The number of hydrogen-bond donors (Lipinski definition) is 2. The lowest BCUT2D eigenvalue weighted by atomic mass is 9.88. The van der Waals surface area contributed by atoms with Gasteiger partial charge < -0.3 is 20.3 Å². The highest BCUT2D eigenvalue weighted by Crippen LogP contribution is 2.31. The smallest absolute Gasteiger partial charge is 0.416 e. The monoisotopic (exact) mass is 579 g/mol. The molecule has 0 bridgehead atoms. The largest absolute Gasteiger partial charge is 0.456 e. The molecule has 7 nitrogen and oxygen atoms in total. The van der Waals surface area contributed by atoms with Gasteiger partial charge in [-0.3, -0.25) is 9.59 Å². The quantitative estimate of drug-likeness (QED) is 0.308. The molecule has 0 unspecified atom stereocenters. The average molecular weight is 580 g/mol. The molecule has 0 aliphatic carbocycles. The molecule has 1 atom stereocenters. The van der Waals surface area contributed by atoms with Crippen LogP contribution in [0.5, 0.6) is 0 Å². The molecule has 1 fully saturated rings. The normalized spacial score (nSPS) is 16.2. The summed E-state index contributed by atoms with van der Waals surface area (Å²) in [5.74, 6) is -3.38. The van der Waals surface area contributed by atoms with Crippen LogP contribution in [0.2, 0.25) is 0 Å². The van der Waals surface area contributed by atoms with Crippen molar-refractivity contribution in [1.82, 2.24) is 10.2 Å². The molecule has 0 radical (unpaired) electrons. The van der Waals surface area contributed by atoms with Gasteiger partial charge in [-0.2, -0.15) is 13.2 Å². The molecule has 2 N–H and O–H groups in total. The van der Waals surface area contributed by atoms with Crippen LogP contribution in [0, 0.1) is 11.7 Å². The van der Waals surface area contributed by atoms with Crippen LogP contribution in [0.1, 0.15) is 80.7 Å². The Hall–Kier alpha value is -3.63. The molecule has 1 aliphatic rings. The van der Waals surface area contributed by atoms with Gasteiger partial charge in [0.25, 0.3) is 5.91 Å². The zero-order chi connectivity index (χ0) is 30.8. The maximum absolute atomic E-state index is 14.3. The molecule has 1 saturated heterocycles. The Balaban J connectivity index is 1.63. The number of carbonyl (C=O) groups excluding carboxylic acids is 3. The number of anilines is 1. The number of esters is 1. The van der Waals surface area contributed by atoms with Crippen LogP contribution in [0.15, 0.2) is 42.5 Å². The van der Waals surface area contributed by atoms with E-state index < -0.39 is 52.6 Å². The Morgan fingerprint density at radius 2 is 1.56 bits per heavy atom. The standard InChI is InChI=1S/C30H37F4N3O4/c1-18(2)24(35-25(38)22-17-20(30(32,33)34)9-12-23(22)31)26(39)37-15-13-29(6,14-16-37)36-21-10-7-19(8-11-21)27(40)41-28(3,4)5/h7-12,17-18,24,36H,13-16H2,1-6H3,(H,35,38)/t24-/m1/s1. The van der Waals surface area contributed by atoms with E-state index in [1.807, 2.05) is 6.92 Å². The highest BCUT2D eigenvalue weighted by molar-refractivity contribution is 5.98. The summed E-state index contributed by atoms with van der Waals surface area (Å²) in [6, 6.07) is 7.50. The predicted molar refractivity (Wildman–Crippen MR) is 147 cm³/mol. The van der Waals surface area contributed by atoms with E-state index in [2.05, 4.69) is 10.6 Å². The summed E-state index contributed by atoms with van der Waals surface area (Å²) < 4.78 is 58.9. The van der Waals surface area contributed by atoms with Crippen molar-refractivity contribution >= 4 is 23.5 Å². The van der Waals surface area contributed by atoms with E-state index in [-0.39, 0.29) is 11.4 Å². The first-order valence-electron chi connectivity index (χ1n) is 13.5. The van der Waals surface area contributed by atoms with Crippen LogP contribution < -0.4 is 10.6 Å². The SMILES string of the molecule is CC(C)[C@@H](NC(=O)c1cc(C(F)(F)F)ccc1F)C(=O)N1CCC(C)(Nc2ccc(C(=O)OC(C)(C)C)cc2)CC1. The maximum atomic E-state index is 14.3. The molecule has 0 saturated carbocycles. The molecule has 1 aliphatic heterocycles. The molecule has 1 heterocycles. The molecular weight excluding hydrogens is 542 g/mol. The average Bonchev–Trinajstić information content (AvgIpc) is 2.85. The summed E-state index contributed by atoms with van der Waals surface area (Å²) >= 11 is 0. The third-order valence-corrected chi connectivity index (χ3v) is 6.90. The van der Waals surface area contributed by atoms with E-state index in [9.17, 15) is 31.9 Å². The Labute approximate surface area is 237 Å². The van der Waals surface area contributed by atoms with Crippen LogP contribution >= 0.6 is 0 Å². The molecule has 2 amide bonds. The summed E-state index contributed by atoms with van der Waals surface area (Å²) in [6.07, 6.45) is -3.59. The van der Waals surface area contributed by atoms with Gasteiger partial charge in [0.2, 0.25) is 5.91 Å². The molecule has 41 heavy (non-hydrogen) atoms. The first kappa shape index (κ1) is 31.9. The lowest BCUT2D eigenvalue weighted by Crippen LogP contribution is -2.56. The highest BCUT2D eigenvalue weighted by Gasteiger charge is 2.37. The van der Waals surface area contributed by atoms with Crippen molar-refractivity contribution in [3.63, 3.8) is 0 Å². The summed E-state index contributed by atoms with van der Waals surface area (Å²) in [7, 11) is 0. The van der Waals surface area contributed by atoms with Gasteiger partial charge in [-0.05, 0) is 88.9 Å². The number of nitrogens with zero attached hydrogens (tertiary/aromatic N) is 1. The van der Waals surface area contributed by atoms with E-state index in [0.717, 1.165) is 5.69 Å². The number of amides is 2. The second kappa shape index (κ2) is 12.1. The van der Waals surface area contributed by atoms with Gasteiger partial charge in [-0.25, -0.2) is 9.18 Å². The number of likely N-dealkylation sites (tertiary alicyclic amines) is 1. The number of halogens is 4. The first-order chi connectivity index (χ1) is 18.9. The van der Waals surface area contributed by atoms with Gasteiger partial charge >= 0.3 is 12.1 Å². The number of rotatable bonds is 7.